The first-order valence-corrected chi connectivity index (χ1v) is 18.7. The van der Waals surface area contributed by atoms with Crippen molar-refractivity contribution in [1.29, 1.82) is 0 Å². The van der Waals surface area contributed by atoms with Crippen molar-refractivity contribution in [2.45, 2.75) is 5.92 Å². The van der Waals surface area contributed by atoms with Crippen molar-refractivity contribution in [1.82, 2.24) is 9.97 Å². The lowest BCUT2D eigenvalue weighted by atomic mass is 9.87. The minimum absolute atomic E-state index is 0.113. The highest BCUT2D eigenvalue weighted by Crippen LogP contribution is 2.57. The number of fused-ring (bicyclic) bond motifs is 15. The second-order valence-corrected chi connectivity index (χ2v) is 15.1. The van der Waals surface area contributed by atoms with Gasteiger partial charge in [-0.1, -0.05) is 140 Å². The van der Waals surface area contributed by atoms with Gasteiger partial charge in [-0.15, -0.1) is 11.3 Å². The van der Waals surface area contributed by atoms with Crippen molar-refractivity contribution < 1.29 is 0 Å². The zero-order valence-electron chi connectivity index (χ0n) is 28.0. The Hall–Kier alpha value is -6.42. The summed E-state index contributed by atoms with van der Waals surface area (Å²) in [6.07, 6.45) is 0. The summed E-state index contributed by atoms with van der Waals surface area (Å²) < 4.78 is 2.65. The molecule has 0 N–H and O–H groups in total. The fraction of sp³-hybridized carbons (Fsp3) is 0.0204. The molecule has 0 aliphatic heterocycles. The molecule has 2 heterocycles. The van der Waals surface area contributed by atoms with Gasteiger partial charge in [-0.3, -0.25) is 0 Å². The third-order valence-electron chi connectivity index (χ3n) is 11.2. The standard InChI is InChI=1S/C49H28N2S/c1-2-13-30-25-33(22-21-28(30)11-1)46-48(51-47-34-16-6-5-12-29(34)23-24-40(47)50-46)44-38-20-10-8-18-36(38)42-35-17-7-9-19-37(35)43-39-26-31-14-3-4-15-32(31)27-41(39)52-49(43)45(42)44/h1-27,44H. The van der Waals surface area contributed by atoms with Gasteiger partial charge >= 0.3 is 0 Å². The number of hydrogen-bond acceptors (Lipinski definition) is 3. The van der Waals surface area contributed by atoms with E-state index >= 15 is 0 Å². The van der Waals surface area contributed by atoms with Crippen LogP contribution < -0.4 is 0 Å². The van der Waals surface area contributed by atoms with Crippen LogP contribution in [0.15, 0.2) is 164 Å². The number of hydrogen-bond donors (Lipinski definition) is 0. The van der Waals surface area contributed by atoms with Gasteiger partial charge in [-0.2, -0.15) is 0 Å². The van der Waals surface area contributed by atoms with Gasteiger partial charge < -0.3 is 0 Å². The molecule has 240 valence electrons. The smallest absolute Gasteiger partial charge is 0.0969 e. The van der Waals surface area contributed by atoms with Gasteiger partial charge in [-0.05, 0) is 84.2 Å². The molecule has 0 spiro atoms. The van der Waals surface area contributed by atoms with E-state index in [9.17, 15) is 0 Å². The first-order chi connectivity index (χ1) is 25.8. The lowest BCUT2D eigenvalue weighted by Gasteiger charge is -2.20. The Morgan fingerprint density at radius 2 is 1.13 bits per heavy atom. The van der Waals surface area contributed by atoms with Crippen molar-refractivity contribution in [3.8, 4) is 22.4 Å². The fourth-order valence-electron chi connectivity index (χ4n) is 8.95. The topological polar surface area (TPSA) is 25.8 Å². The number of thiophene rings is 1. The Bertz CT molecular complexity index is 3320. The van der Waals surface area contributed by atoms with Crippen LogP contribution in [0.4, 0.5) is 0 Å². The maximum atomic E-state index is 5.77. The maximum Gasteiger partial charge on any atom is 0.0969 e. The number of benzene rings is 9. The quantitative estimate of drug-likeness (QED) is 0.170. The number of rotatable bonds is 2. The lowest BCUT2D eigenvalue weighted by Crippen LogP contribution is -2.07. The molecule has 0 bridgehead atoms. The highest BCUT2D eigenvalue weighted by atomic mass is 32.1. The van der Waals surface area contributed by atoms with E-state index in [1.165, 1.54) is 80.1 Å². The van der Waals surface area contributed by atoms with Crippen LogP contribution in [-0.4, -0.2) is 9.97 Å². The van der Waals surface area contributed by atoms with Crippen molar-refractivity contribution in [2.24, 2.45) is 0 Å². The van der Waals surface area contributed by atoms with E-state index in [4.69, 9.17) is 9.97 Å². The second kappa shape index (κ2) is 10.6. The molecule has 1 unspecified atom stereocenters. The molecular formula is C49H28N2S. The summed E-state index contributed by atoms with van der Waals surface area (Å²) >= 11 is 1.93. The zero-order valence-corrected chi connectivity index (χ0v) is 28.8. The molecule has 1 aliphatic rings. The highest BCUT2D eigenvalue weighted by molar-refractivity contribution is 7.26. The van der Waals surface area contributed by atoms with Crippen LogP contribution in [0.1, 0.15) is 22.7 Å². The Morgan fingerprint density at radius 1 is 0.481 bits per heavy atom. The second-order valence-electron chi connectivity index (χ2n) is 14.0. The van der Waals surface area contributed by atoms with E-state index in [0.29, 0.717) is 0 Å². The molecule has 0 saturated carbocycles. The van der Waals surface area contributed by atoms with Crippen LogP contribution in [-0.2, 0) is 0 Å². The van der Waals surface area contributed by atoms with Gasteiger partial charge in [0.05, 0.1) is 28.3 Å². The van der Waals surface area contributed by atoms with Crippen LogP contribution in [0.2, 0.25) is 0 Å². The molecule has 52 heavy (non-hydrogen) atoms. The normalized spacial score (nSPS) is 14.0. The average molecular weight is 677 g/mol. The Morgan fingerprint density at radius 3 is 1.98 bits per heavy atom. The van der Waals surface area contributed by atoms with E-state index in [2.05, 4.69) is 164 Å². The van der Waals surface area contributed by atoms with E-state index in [-0.39, 0.29) is 5.92 Å². The molecule has 0 radical (unpaired) electrons. The Labute approximate surface area is 303 Å². The molecule has 0 fully saturated rings. The predicted molar refractivity (Wildman–Crippen MR) is 221 cm³/mol. The molecular weight excluding hydrogens is 649 g/mol. The zero-order chi connectivity index (χ0) is 33.9. The van der Waals surface area contributed by atoms with Gasteiger partial charge in [0, 0.05) is 31.1 Å². The largest absolute Gasteiger partial charge is 0.247 e. The lowest BCUT2D eigenvalue weighted by molar-refractivity contribution is 0.959. The molecule has 11 aromatic rings. The van der Waals surface area contributed by atoms with Crippen molar-refractivity contribution in [3.63, 3.8) is 0 Å². The van der Waals surface area contributed by atoms with Gasteiger partial charge in [-0.25, -0.2) is 9.97 Å². The fourth-order valence-corrected chi connectivity index (χ4v) is 10.3. The Kier molecular flexibility index (Phi) is 5.74. The molecule has 12 rings (SSSR count). The van der Waals surface area contributed by atoms with E-state index in [0.717, 1.165) is 33.4 Å². The Balaban J connectivity index is 1.26. The van der Waals surface area contributed by atoms with Gasteiger partial charge in [0.1, 0.15) is 0 Å². The van der Waals surface area contributed by atoms with E-state index < -0.39 is 0 Å². The first kappa shape index (κ1) is 28.3. The summed E-state index contributed by atoms with van der Waals surface area (Å²) in [6, 6.07) is 59.8. The van der Waals surface area contributed by atoms with Crippen LogP contribution in [0, 0.1) is 0 Å². The molecule has 3 heteroatoms. The summed E-state index contributed by atoms with van der Waals surface area (Å²) in [4.78, 5) is 11.3. The van der Waals surface area contributed by atoms with Crippen LogP contribution >= 0.6 is 11.3 Å². The average Bonchev–Trinajstić information content (AvgIpc) is 3.75. The predicted octanol–water partition coefficient (Wildman–Crippen LogP) is 13.4. The summed E-state index contributed by atoms with van der Waals surface area (Å²) in [6.45, 7) is 0. The molecule has 1 atom stereocenters. The molecule has 2 nitrogen and oxygen atoms in total. The molecule has 0 saturated heterocycles. The number of nitrogens with zero attached hydrogens (tertiary/aromatic N) is 2. The minimum atomic E-state index is -0.113. The van der Waals surface area contributed by atoms with E-state index in [1.54, 1.807) is 0 Å². The number of aromatic nitrogens is 2. The maximum absolute atomic E-state index is 5.77. The molecule has 0 amide bonds. The summed E-state index contributed by atoms with van der Waals surface area (Å²) in [5.41, 5.74) is 10.1. The summed E-state index contributed by atoms with van der Waals surface area (Å²) in [5, 5.41) is 12.5. The minimum Gasteiger partial charge on any atom is -0.247 e. The third-order valence-corrected chi connectivity index (χ3v) is 12.4. The van der Waals surface area contributed by atoms with Crippen molar-refractivity contribution in [2.75, 3.05) is 0 Å². The van der Waals surface area contributed by atoms with Crippen molar-refractivity contribution >= 4 is 85.6 Å². The van der Waals surface area contributed by atoms with Crippen LogP contribution in [0.5, 0.6) is 0 Å². The molecule has 9 aromatic carbocycles. The highest BCUT2D eigenvalue weighted by Gasteiger charge is 2.37. The van der Waals surface area contributed by atoms with Gasteiger partial charge in [0.25, 0.3) is 0 Å². The van der Waals surface area contributed by atoms with Gasteiger partial charge in [0.2, 0.25) is 0 Å². The van der Waals surface area contributed by atoms with E-state index in [1.807, 2.05) is 11.3 Å². The summed E-state index contributed by atoms with van der Waals surface area (Å²) in [5.74, 6) is -0.113. The van der Waals surface area contributed by atoms with Crippen molar-refractivity contribution in [3.05, 3.63) is 181 Å². The molecule has 2 aromatic heterocycles. The third kappa shape index (κ3) is 3.89. The monoisotopic (exact) mass is 676 g/mol. The molecule has 1 aliphatic carbocycles. The first-order valence-electron chi connectivity index (χ1n) is 17.9. The SMILES string of the molecule is c1ccc2c(c1)-c1c(c3sc4cc5ccccc5cc4c3c3ccccc13)C2c1nc2c(ccc3ccccc32)nc1-c1ccc2ccccc2c1. The summed E-state index contributed by atoms with van der Waals surface area (Å²) in [7, 11) is 0. The van der Waals surface area contributed by atoms with Crippen LogP contribution in [0.3, 0.4) is 0 Å². The van der Waals surface area contributed by atoms with Gasteiger partial charge in [0.15, 0.2) is 0 Å². The van der Waals surface area contributed by atoms with Crippen LogP contribution in [0.25, 0.3) is 96.7 Å².